The molecule has 2 unspecified atom stereocenters. The number of nitrogens with two attached hydrogens (primary N) is 2. The molecule has 8 rings (SSSR count). The van der Waals surface area contributed by atoms with Crippen LogP contribution in [0.3, 0.4) is 0 Å². The molecule has 39 heteroatoms. The molecule has 12 atom stereocenters. The number of fused-ring (bicyclic) bond motifs is 2. The summed E-state index contributed by atoms with van der Waals surface area (Å²) in [6.07, 6.45) is -7.31. The van der Waals surface area contributed by atoms with Gasteiger partial charge in [-0.2, -0.15) is 20.4 Å². The van der Waals surface area contributed by atoms with E-state index in [-0.39, 0.29) is 58.6 Å². The Hall–Kier alpha value is -6.79. The second-order valence-corrected chi connectivity index (χ2v) is 29.4. The molecule has 525 valence electrons. The maximum Gasteiger partial charge on any atom is 0.459 e. The van der Waals surface area contributed by atoms with Gasteiger partial charge in [-0.05, 0) is 73.2 Å². The van der Waals surface area contributed by atoms with E-state index in [1.807, 2.05) is 41.5 Å². The third-order valence-electron chi connectivity index (χ3n) is 14.1. The molecular weight excluding hydrogens is 1320 g/mol. The van der Waals surface area contributed by atoms with Crippen molar-refractivity contribution in [3.05, 3.63) is 109 Å². The molecule has 11 radical (unpaired) electrons. The van der Waals surface area contributed by atoms with Crippen LogP contribution in [0, 0.1) is 22.7 Å². The van der Waals surface area contributed by atoms with Crippen molar-refractivity contribution in [2.45, 2.75) is 143 Å². The highest BCUT2D eigenvalue weighted by atomic mass is 31.2. The van der Waals surface area contributed by atoms with Crippen LogP contribution in [0.4, 0.5) is 20.4 Å². The Morgan fingerprint density at radius 3 is 1.39 bits per heavy atom. The number of halogens is 2. The molecule has 4 aromatic heterocycles. The number of ether oxygens (including phenoxy) is 6. The zero-order valence-electron chi connectivity index (χ0n) is 57.2. The average molecular weight is 1410 g/mol. The van der Waals surface area contributed by atoms with Gasteiger partial charge in [0.2, 0.25) is 0 Å². The van der Waals surface area contributed by atoms with E-state index in [0.717, 1.165) is 7.06 Å². The largest absolute Gasteiger partial charge is 0.464 e. The molecule has 6 aromatic rings. The topological polar surface area (TPSA) is 372 Å². The molecule has 0 bridgehead atoms. The lowest BCUT2D eigenvalue weighted by atomic mass is 9.08. The number of esters is 4. The smallest absolute Gasteiger partial charge is 0.459 e. The minimum absolute atomic E-state index is 0.0765. The van der Waals surface area contributed by atoms with Crippen molar-refractivity contribution in [3.63, 3.8) is 0 Å². The Kier molecular flexibility index (Phi) is 30.3. The summed E-state index contributed by atoms with van der Waals surface area (Å²) in [5.41, 5.74) is 8.23. The number of carbonyl (C=O) groups excluding carboxylic acids is 4. The lowest BCUT2D eigenvalue weighted by Crippen LogP contribution is -2.52. The monoisotopic (exact) mass is 1410 g/mol. The van der Waals surface area contributed by atoms with E-state index in [1.165, 1.54) is 59.8 Å². The van der Waals surface area contributed by atoms with Crippen LogP contribution in [0.1, 0.15) is 107 Å². The second kappa shape index (κ2) is 36.2. The highest BCUT2D eigenvalue weighted by Crippen LogP contribution is 2.52. The molecular formula is C60H82B7F2N10O18P2. The number of rotatable bonds is 26. The quantitative estimate of drug-likeness (QED) is 0.0182. The summed E-state index contributed by atoms with van der Waals surface area (Å²) in [7, 11) is 15.0. The molecule has 2 fully saturated rings. The van der Waals surface area contributed by atoms with Gasteiger partial charge in [-0.25, -0.2) is 36.9 Å². The van der Waals surface area contributed by atoms with E-state index >= 15 is 4.39 Å². The minimum Gasteiger partial charge on any atom is -0.464 e. The summed E-state index contributed by atoms with van der Waals surface area (Å²) in [5, 5.41) is 35.2. The number of aliphatic hydroxyl groups excluding tert-OH is 2. The van der Waals surface area contributed by atoms with Crippen LogP contribution in [0.25, 0.3) is 11.0 Å². The van der Waals surface area contributed by atoms with Gasteiger partial charge in [0, 0.05) is 52.1 Å². The summed E-state index contributed by atoms with van der Waals surface area (Å²) in [6, 6.07) is 19.9. The number of benzene rings is 2. The van der Waals surface area contributed by atoms with Gasteiger partial charge in [0.15, 0.2) is 29.4 Å². The number of aliphatic hydroxyl groups is 2. The normalized spacial score (nSPS) is 22.3. The number of nitrogens with zero attached hydrogens (tertiary/aromatic N) is 6. The second-order valence-electron chi connectivity index (χ2n) is 26.0. The number of carbonyl (C=O) groups is 4. The Labute approximate surface area is 582 Å². The third-order valence-corrected chi connectivity index (χ3v) is 17.4. The Morgan fingerprint density at radius 2 is 1.01 bits per heavy atom. The van der Waals surface area contributed by atoms with Crippen LogP contribution in [0.15, 0.2) is 97.6 Å². The number of hydrogen-bond acceptors (Lipinski definition) is 24. The number of nitrogens with one attached hydrogen (secondary N) is 2. The fourth-order valence-electron chi connectivity index (χ4n) is 9.13. The maximum atomic E-state index is 15.7. The first-order valence-electron chi connectivity index (χ1n) is 31.1. The molecule has 8 N–H and O–H groups in total. The maximum absolute atomic E-state index is 15.7. The summed E-state index contributed by atoms with van der Waals surface area (Å²) in [4.78, 5) is 59.7. The lowest BCUT2D eigenvalue weighted by molar-refractivity contribution is -0.178. The number of nitrogen functional groups attached to an aromatic ring is 2. The van der Waals surface area contributed by atoms with Gasteiger partial charge in [-0.3, -0.25) is 28.2 Å². The van der Waals surface area contributed by atoms with Crippen molar-refractivity contribution in [1.29, 1.82) is 0 Å². The van der Waals surface area contributed by atoms with Crippen molar-refractivity contribution < 1.29 is 93.8 Å². The highest BCUT2D eigenvalue weighted by molar-refractivity contribution is 7.52. The van der Waals surface area contributed by atoms with E-state index in [4.69, 9.17) is 58.0 Å². The number of alkyl halides is 2. The molecule has 0 saturated carbocycles. The standard InChI is InChI=1S/C34H47FN5O10P.C26H35FN5O8P.B4.B3/c1-20(2)30(41)47-27-26(24-14-15-25-29(36)37-19-38-40(24)25)49-34(16-35,28(27)48-31(42)21(3)4)18-46-51(44,50-23-12-10-9-11-13-23)39-22(5)32(43)45-17-33(6,7)8;1-16(24(35)37-13-25(2,3)4)31-41(36,40-17-8-6-5-7-9-17)38-14-26(12-27)22(34)20(33)21(39-26)18-10-11-19-23(28)29-15-30-32(18)19;1-4(2)3;1-3-2/h9-15,19-22,26-28H,16-18H2,1-8H3,(H,39,44)(H2,36,37,38);5-11,15-16,20-22,33-34H,12-14H2,1-4H3,(H,31,36)(H2,28,29,30);;/t22-,26-,27-,28-,34+,51?;16-,20-,21-,22-,26+,41?;;/m00../s1. The van der Waals surface area contributed by atoms with E-state index < -0.39 is 144 Å². The number of para-hydroxylation sites is 2. The third kappa shape index (κ3) is 23.1. The zero-order chi connectivity index (χ0) is 74.0. The summed E-state index contributed by atoms with van der Waals surface area (Å²) in [5.74, 6) is -3.67. The summed E-state index contributed by atoms with van der Waals surface area (Å²) in [6.45, 7) is 16.3. The average Bonchev–Trinajstić information content (AvgIpc) is 1.60. The van der Waals surface area contributed by atoms with Crippen molar-refractivity contribution in [1.82, 2.24) is 39.4 Å². The number of aromatic nitrogens is 6. The summed E-state index contributed by atoms with van der Waals surface area (Å²) < 4.78 is 119. The van der Waals surface area contributed by atoms with Crippen LogP contribution in [-0.4, -0.2) is 203 Å². The van der Waals surface area contributed by atoms with Gasteiger partial charge in [-0.15, -0.1) is 0 Å². The Bertz CT molecular complexity index is 3700. The van der Waals surface area contributed by atoms with Gasteiger partial charge in [0.05, 0.1) is 49.7 Å². The molecule has 0 aliphatic carbocycles. The van der Waals surface area contributed by atoms with Crippen molar-refractivity contribution in [2.75, 3.05) is 51.2 Å². The molecule has 2 aliphatic heterocycles. The predicted octanol–water partition coefficient (Wildman–Crippen LogP) is 4.92. The first-order valence-corrected chi connectivity index (χ1v) is 34.2. The Balaban J connectivity index is 0.000000332. The minimum atomic E-state index is -4.58. The number of hydrogen-bond donors (Lipinski definition) is 6. The molecule has 2 saturated heterocycles. The van der Waals surface area contributed by atoms with E-state index in [9.17, 15) is 42.9 Å². The van der Waals surface area contributed by atoms with E-state index in [1.54, 1.807) is 88.4 Å². The zero-order valence-corrected chi connectivity index (χ0v) is 59.0. The predicted molar refractivity (Wildman–Crippen MR) is 369 cm³/mol. The molecule has 28 nitrogen and oxygen atoms in total. The highest BCUT2D eigenvalue weighted by Gasteiger charge is 2.62. The first-order chi connectivity index (χ1) is 46.3. The van der Waals surface area contributed by atoms with E-state index in [2.05, 4.69) is 69.0 Å². The van der Waals surface area contributed by atoms with Crippen molar-refractivity contribution in [2.24, 2.45) is 22.7 Å². The number of anilines is 2. The fourth-order valence-corrected chi connectivity index (χ4v) is 12.2. The SMILES string of the molecule is CC(C)C(=O)O[C@H]1[C@H](c2ccc3c(N)ncnn23)O[C@](CF)(COP(=O)(N[C@@H](C)C(=O)OCC(C)(C)C)Oc2ccccc2)[C@H]1OC(=O)C(C)C.C[C@H](NP(=O)(OC[C@@]1(CF)O[C@@H](c2ccc3c(N)ncnn23)[C@H](O)[C@@H]1O)Oc1ccccc1)C(=O)OCC(C)(C)C.[B]B([B])[B].[B][B][B]. The molecule has 0 amide bonds. The van der Waals surface area contributed by atoms with Gasteiger partial charge < -0.3 is 59.1 Å². The van der Waals surface area contributed by atoms with Gasteiger partial charge in [0.25, 0.3) is 0 Å². The molecule has 0 spiro atoms. The van der Waals surface area contributed by atoms with Crippen molar-refractivity contribution >= 4 is 114 Å². The van der Waals surface area contributed by atoms with Gasteiger partial charge in [0.1, 0.15) is 90.6 Å². The lowest BCUT2D eigenvalue weighted by Gasteiger charge is -2.34. The van der Waals surface area contributed by atoms with Crippen LogP contribution in [0.5, 0.6) is 11.5 Å². The molecule has 2 aromatic carbocycles. The molecule has 6 heterocycles. The Morgan fingerprint density at radius 1 is 0.636 bits per heavy atom. The van der Waals surface area contributed by atoms with Gasteiger partial charge >= 0.3 is 39.4 Å². The first kappa shape index (κ1) is 82.9. The van der Waals surface area contributed by atoms with Gasteiger partial charge in [-0.1, -0.05) is 106 Å². The molecule has 2 aliphatic rings. The van der Waals surface area contributed by atoms with Crippen LogP contribution in [-0.2, 0) is 65.8 Å². The van der Waals surface area contributed by atoms with Crippen LogP contribution >= 0.6 is 15.5 Å². The van der Waals surface area contributed by atoms with E-state index in [0.29, 0.717) is 11.0 Å². The van der Waals surface area contributed by atoms with Crippen LogP contribution < -0.4 is 30.7 Å². The summed E-state index contributed by atoms with van der Waals surface area (Å²) >= 11 is 0. The fraction of sp³-hybridized carbons (Fsp3) is 0.533. The van der Waals surface area contributed by atoms with Crippen LogP contribution in [0.2, 0.25) is 0 Å². The molecule has 99 heavy (non-hydrogen) atoms. The van der Waals surface area contributed by atoms with Crippen molar-refractivity contribution in [3.8, 4) is 11.5 Å².